The predicted octanol–water partition coefficient (Wildman–Crippen LogP) is 6.93. The molecule has 0 atom stereocenters. The lowest BCUT2D eigenvalue weighted by Crippen LogP contribution is -2.10. The van der Waals surface area contributed by atoms with Crippen molar-refractivity contribution in [2.24, 2.45) is 0 Å². The summed E-state index contributed by atoms with van der Waals surface area (Å²) < 4.78 is 6.16. The number of nitrogens with zero attached hydrogens (tertiary/aromatic N) is 1. The average molecular weight is 389 g/mol. The Balaban J connectivity index is 1.70. The largest absolute Gasteiger partial charge is 0.456 e. The van der Waals surface area contributed by atoms with Crippen molar-refractivity contribution in [3.8, 4) is 11.3 Å². The molecule has 0 radical (unpaired) electrons. The first kappa shape index (κ1) is 18.0. The molecular formula is C27H19NO2. The molecule has 0 unspecified atom stereocenters. The third-order valence-corrected chi connectivity index (χ3v) is 5.06. The number of para-hydroxylation sites is 2. The molecule has 3 heteroatoms. The van der Waals surface area contributed by atoms with Crippen molar-refractivity contribution in [3.05, 3.63) is 125 Å². The third-order valence-electron chi connectivity index (χ3n) is 5.06. The highest BCUT2D eigenvalue weighted by Gasteiger charge is 2.14. The van der Waals surface area contributed by atoms with Gasteiger partial charge in [-0.1, -0.05) is 66.7 Å². The van der Waals surface area contributed by atoms with Crippen LogP contribution in [-0.2, 0) is 0 Å². The summed E-state index contributed by atoms with van der Waals surface area (Å²) in [6.07, 6.45) is 0. The first-order valence-electron chi connectivity index (χ1n) is 9.83. The lowest BCUT2D eigenvalue weighted by atomic mass is 10.1. The first-order chi connectivity index (χ1) is 14.8. The normalized spacial score (nSPS) is 10.8. The van der Waals surface area contributed by atoms with E-state index >= 15 is 0 Å². The molecule has 0 spiro atoms. The number of hydrogen-bond donors (Lipinski definition) is 0. The summed E-state index contributed by atoms with van der Waals surface area (Å²) in [7, 11) is 0. The quantitative estimate of drug-likeness (QED) is 0.334. The summed E-state index contributed by atoms with van der Waals surface area (Å²) in [6.45, 7) is 0. The zero-order valence-electron chi connectivity index (χ0n) is 16.2. The molecule has 4 aromatic carbocycles. The van der Waals surface area contributed by atoms with Crippen molar-refractivity contribution < 1.29 is 4.42 Å². The molecule has 0 fully saturated rings. The van der Waals surface area contributed by atoms with E-state index in [1.165, 1.54) is 0 Å². The van der Waals surface area contributed by atoms with Crippen molar-refractivity contribution in [2.75, 3.05) is 4.90 Å². The van der Waals surface area contributed by atoms with Crippen molar-refractivity contribution >= 4 is 28.0 Å². The van der Waals surface area contributed by atoms with Crippen LogP contribution in [0.15, 0.2) is 124 Å². The molecule has 3 nitrogen and oxygen atoms in total. The van der Waals surface area contributed by atoms with Gasteiger partial charge in [-0.25, -0.2) is 0 Å². The smallest absolute Gasteiger partial charge is 0.193 e. The van der Waals surface area contributed by atoms with Crippen LogP contribution in [0.5, 0.6) is 0 Å². The molecule has 1 aromatic heterocycles. The Kier molecular flexibility index (Phi) is 4.62. The van der Waals surface area contributed by atoms with E-state index < -0.39 is 0 Å². The van der Waals surface area contributed by atoms with Gasteiger partial charge in [-0.05, 0) is 36.4 Å². The van der Waals surface area contributed by atoms with Gasteiger partial charge >= 0.3 is 0 Å². The van der Waals surface area contributed by atoms with E-state index in [0.717, 1.165) is 22.6 Å². The number of benzene rings is 4. The van der Waals surface area contributed by atoms with Gasteiger partial charge in [0.1, 0.15) is 11.3 Å². The zero-order chi connectivity index (χ0) is 20.3. The summed E-state index contributed by atoms with van der Waals surface area (Å²) in [4.78, 5) is 14.9. The Hall–Kier alpha value is -4.11. The molecule has 1 heterocycles. The van der Waals surface area contributed by atoms with Crippen LogP contribution in [0.2, 0.25) is 0 Å². The van der Waals surface area contributed by atoms with E-state index in [1.54, 1.807) is 6.07 Å². The highest BCUT2D eigenvalue weighted by molar-refractivity contribution is 5.86. The van der Waals surface area contributed by atoms with Crippen LogP contribution in [0, 0.1) is 0 Å². The molecule has 0 aliphatic rings. The van der Waals surface area contributed by atoms with Gasteiger partial charge in [0.2, 0.25) is 0 Å². The van der Waals surface area contributed by atoms with Gasteiger partial charge in [0.15, 0.2) is 5.43 Å². The van der Waals surface area contributed by atoms with Crippen molar-refractivity contribution in [1.82, 2.24) is 0 Å². The van der Waals surface area contributed by atoms with E-state index in [-0.39, 0.29) is 5.43 Å². The Bertz CT molecular complexity index is 1300. The first-order valence-corrected chi connectivity index (χ1v) is 9.83. The van der Waals surface area contributed by atoms with E-state index in [9.17, 15) is 4.79 Å². The molecule has 0 saturated carbocycles. The maximum absolute atomic E-state index is 12.7. The molecule has 5 rings (SSSR count). The molecule has 0 aliphatic carbocycles. The highest BCUT2D eigenvalue weighted by Crippen LogP contribution is 2.35. The Morgan fingerprint density at radius 2 is 1.13 bits per heavy atom. The minimum absolute atomic E-state index is 0.0485. The van der Waals surface area contributed by atoms with E-state index in [0.29, 0.717) is 16.7 Å². The summed E-state index contributed by atoms with van der Waals surface area (Å²) >= 11 is 0. The van der Waals surface area contributed by atoms with Crippen LogP contribution in [0.25, 0.3) is 22.3 Å². The lowest BCUT2D eigenvalue weighted by molar-refractivity contribution is 0.619. The summed E-state index contributed by atoms with van der Waals surface area (Å²) in [6, 6.07) is 37.3. The van der Waals surface area contributed by atoms with Gasteiger partial charge in [-0.3, -0.25) is 4.79 Å². The predicted molar refractivity (Wildman–Crippen MR) is 123 cm³/mol. The Labute approximate surface area is 174 Å². The van der Waals surface area contributed by atoms with Crippen molar-refractivity contribution in [3.63, 3.8) is 0 Å². The zero-order valence-corrected chi connectivity index (χ0v) is 16.2. The molecule has 5 aromatic rings. The average Bonchev–Trinajstić information content (AvgIpc) is 2.81. The number of anilines is 3. The second kappa shape index (κ2) is 7.72. The molecule has 0 amide bonds. The molecular weight excluding hydrogens is 370 g/mol. The van der Waals surface area contributed by atoms with Crippen molar-refractivity contribution in [1.29, 1.82) is 0 Å². The van der Waals surface area contributed by atoms with Crippen LogP contribution in [-0.4, -0.2) is 0 Å². The van der Waals surface area contributed by atoms with Crippen LogP contribution >= 0.6 is 0 Å². The van der Waals surface area contributed by atoms with Crippen LogP contribution < -0.4 is 10.3 Å². The van der Waals surface area contributed by atoms with Gasteiger partial charge in [-0.15, -0.1) is 0 Å². The van der Waals surface area contributed by atoms with E-state index in [4.69, 9.17) is 4.42 Å². The monoisotopic (exact) mass is 389 g/mol. The fourth-order valence-electron chi connectivity index (χ4n) is 3.63. The minimum Gasteiger partial charge on any atom is -0.456 e. The SMILES string of the molecule is O=c1cc(-c2ccccc2)oc2cc(N(c3ccccc3)c3ccccc3)ccc12. The van der Waals surface area contributed by atoms with Gasteiger partial charge in [0.25, 0.3) is 0 Å². The van der Waals surface area contributed by atoms with Gasteiger partial charge in [0, 0.05) is 34.8 Å². The molecule has 0 bridgehead atoms. The van der Waals surface area contributed by atoms with Gasteiger partial charge in [-0.2, -0.15) is 0 Å². The maximum Gasteiger partial charge on any atom is 0.193 e. The Morgan fingerprint density at radius 1 is 0.567 bits per heavy atom. The minimum atomic E-state index is -0.0485. The second-order valence-corrected chi connectivity index (χ2v) is 7.03. The summed E-state index contributed by atoms with van der Waals surface area (Å²) in [5.74, 6) is 0.566. The summed E-state index contributed by atoms with van der Waals surface area (Å²) in [5.41, 5.74) is 4.38. The Morgan fingerprint density at radius 3 is 1.73 bits per heavy atom. The fraction of sp³-hybridized carbons (Fsp3) is 0. The van der Waals surface area contributed by atoms with Crippen LogP contribution in [0.1, 0.15) is 0 Å². The van der Waals surface area contributed by atoms with Gasteiger partial charge < -0.3 is 9.32 Å². The number of hydrogen-bond acceptors (Lipinski definition) is 3. The topological polar surface area (TPSA) is 33.5 Å². The summed E-state index contributed by atoms with van der Waals surface area (Å²) in [5, 5.41) is 0.569. The van der Waals surface area contributed by atoms with Crippen LogP contribution in [0.4, 0.5) is 17.1 Å². The molecule has 30 heavy (non-hydrogen) atoms. The highest BCUT2D eigenvalue weighted by atomic mass is 16.3. The number of fused-ring (bicyclic) bond motifs is 1. The fourth-order valence-corrected chi connectivity index (χ4v) is 3.63. The molecule has 0 aliphatic heterocycles. The molecule has 0 saturated heterocycles. The number of rotatable bonds is 4. The van der Waals surface area contributed by atoms with Crippen LogP contribution in [0.3, 0.4) is 0 Å². The molecule has 144 valence electrons. The second-order valence-electron chi connectivity index (χ2n) is 7.03. The standard InChI is InChI=1S/C27H19NO2/c29-25-19-26(20-10-4-1-5-11-20)30-27-18-23(16-17-24(25)27)28(21-12-6-2-7-13-21)22-14-8-3-9-15-22/h1-19H. The lowest BCUT2D eigenvalue weighted by Gasteiger charge is -2.25. The van der Waals surface area contributed by atoms with Gasteiger partial charge in [0.05, 0.1) is 5.39 Å². The maximum atomic E-state index is 12.7. The third kappa shape index (κ3) is 3.38. The van der Waals surface area contributed by atoms with E-state index in [2.05, 4.69) is 29.2 Å². The molecule has 0 N–H and O–H groups in total. The van der Waals surface area contributed by atoms with E-state index in [1.807, 2.05) is 84.9 Å². The van der Waals surface area contributed by atoms with Crippen molar-refractivity contribution in [2.45, 2.75) is 0 Å².